The molecule has 0 aliphatic heterocycles. The van der Waals surface area contributed by atoms with Crippen LogP contribution in [-0.4, -0.2) is 68.1 Å². The molecule has 0 saturated carbocycles. The van der Waals surface area contributed by atoms with Gasteiger partial charge in [0, 0.05) is 12.4 Å². The zero-order chi connectivity index (χ0) is 29.3. The summed E-state index contributed by atoms with van der Waals surface area (Å²) in [6.45, 7) is 14.5. The molecule has 0 aromatic carbocycles. The van der Waals surface area contributed by atoms with Gasteiger partial charge in [0.2, 0.25) is 0 Å². The van der Waals surface area contributed by atoms with Gasteiger partial charge in [-0.1, -0.05) is 12.1 Å². The molecule has 40 heavy (non-hydrogen) atoms. The Morgan fingerprint density at radius 3 is 0.950 bits per heavy atom. The molecule has 0 amide bonds. The van der Waals surface area contributed by atoms with E-state index in [0.29, 0.717) is 45.7 Å². The van der Waals surface area contributed by atoms with Gasteiger partial charge in [0.05, 0.1) is 69.5 Å². The molecule has 12 heteroatoms. The normalized spacial score (nSPS) is 15.5. The maximum absolute atomic E-state index is 4.25. The zero-order valence-corrected chi connectivity index (χ0v) is 24.1. The number of pyridine rings is 2. The van der Waals surface area contributed by atoms with Gasteiger partial charge in [-0.2, -0.15) is 51.0 Å². The van der Waals surface area contributed by atoms with Gasteiger partial charge in [0.1, 0.15) is 0 Å². The summed E-state index contributed by atoms with van der Waals surface area (Å²) in [7, 11) is 0. The predicted octanol–water partition coefficient (Wildman–Crippen LogP) is 5.28. The fourth-order valence-corrected chi connectivity index (χ4v) is 2.28. The van der Waals surface area contributed by atoms with Crippen LogP contribution in [-0.2, 0) is 0 Å². The first-order valence-electron chi connectivity index (χ1n) is 12.4. The third-order valence-corrected chi connectivity index (χ3v) is 5.32. The summed E-state index contributed by atoms with van der Waals surface area (Å²) in [5.41, 5.74) is 6.41. The quantitative estimate of drug-likeness (QED) is 0.283. The molecular weight excluding hydrogens is 504 g/mol. The molecule has 12 nitrogen and oxygen atoms in total. The standard InChI is InChI=1S/C28H34N12/c1-19(33-31-17-27-13-9-11-15-29-27)21(3)35-37-23(5)25(7)39-40-26(8)24(6)38-36-22(4)20(2)34-32-18-28-14-10-12-16-30-28/h9-18H,1-8H3/b31-17+,32-18+,33-19+,34-20+,35-21+,36-22+,37-23+,38-24+,39-25+,40-26+. The van der Waals surface area contributed by atoms with Crippen molar-refractivity contribution < 1.29 is 0 Å². The minimum atomic E-state index is 0.611. The largest absolute Gasteiger partial charge is 0.255 e. The van der Waals surface area contributed by atoms with Crippen LogP contribution in [0.3, 0.4) is 0 Å². The monoisotopic (exact) mass is 538 g/mol. The average Bonchev–Trinajstić information content (AvgIpc) is 2.97. The number of hydrogen-bond donors (Lipinski definition) is 0. The molecule has 2 rings (SSSR count). The number of aromatic nitrogens is 2. The Bertz CT molecular complexity index is 1330. The van der Waals surface area contributed by atoms with E-state index in [9.17, 15) is 0 Å². The molecule has 0 spiro atoms. The molecule has 0 radical (unpaired) electrons. The zero-order valence-electron chi connectivity index (χ0n) is 24.1. The van der Waals surface area contributed by atoms with Crippen molar-refractivity contribution in [2.24, 2.45) is 51.0 Å². The van der Waals surface area contributed by atoms with Crippen molar-refractivity contribution in [3.05, 3.63) is 60.2 Å². The summed E-state index contributed by atoms with van der Waals surface area (Å²) in [5.74, 6) is 0. The topological polar surface area (TPSA) is 149 Å². The fourth-order valence-electron chi connectivity index (χ4n) is 2.28. The SMILES string of the molecule is CC(=N\N=C\c1ccccn1)/C(C)=N/N=C(C)/C(C)=N/N=C(C)/C(C)=N/N=C(C)/C(C)=N/N=C/c1ccccn1. The molecular formula is C28H34N12. The molecule has 206 valence electrons. The number of rotatable bonds is 11. The summed E-state index contributed by atoms with van der Waals surface area (Å²) in [5, 5.41) is 41.8. The van der Waals surface area contributed by atoms with E-state index in [4.69, 9.17) is 0 Å². The fraction of sp³-hybridized carbons (Fsp3) is 0.286. The van der Waals surface area contributed by atoms with E-state index >= 15 is 0 Å². The van der Waals surface area contributed by atoms with Crippen LogP contribution >= 0.6 is 0 Å². The lowest BCUT2D eigenvalue weighted by atomic mass is 10.3. The van der Waals surface area contributed by atoms with Crippen molar-refractivity contribution in [2.75, 3.05) is 0 Å². The van der Waals surface area contributed by atoms with Crippen LogP contribution in [0, 0.1) is 0 Å². The Morgan fingerprint density at radius 2 is 0.700 bits per heavy atom. The average molecular weight is 539 g/mol. The Morgan fingerprint density at radius 1 is 0.425 bits per heavy atom. The van der Waals surface area contributed by atoms with Crippen molar-refractivity contribution >= 4 is 58.1 Å². The molecule has 0 N–H and O–H groups in total. The third-order valence-electron chi connectivity index (χ3n) is 5.32. The first-order valence-corrected chi connectivity index (χ1v) is 12.4. The number of hydrogen-bond acceptors (Lipinski definition) is 12. The Balaban J connectivity index is 2.01. The first kappa shape index (κ1) is 31.2. The smallest absolute Gasteiger partial charge is 0.0831 e. The molecule has 0 bridgehead atoms. The van der Waals surface area contributed by atoms with Crippen LogP contribution in [0.5, 0.6) is 0 Å². The van der Waals surface area contributed by atoms with E-state index in [1.165, 1.54) is 0 Å². The molecule has 2 aromatic rings. The maximum atomic E-state index is 4.25. The predicted molar refractivity (Wildman–Crippen MR) is 169 cm³/mol. The molecule has 2 aromatic heterocycles. The second kappa shape index (κ2) is 16.8. The summed E-state index contributed by atoms with van der Waals surface area (Å²) in [6, 6.07) is 11.1. The molecule has 0 aliphatic rings. The lowest BCUT2D eigenvalue weighted by Crippen LogP contribution is -2.10. The third kappa shape index (κ3) is 11.6. The van der Waals surface area contributed by atoms with Crippen LogP contribution in [0.25, 0.3) is 0 Å². The molecule has 0 unspecified atom stereocenters. The minimum absolute atomic E-state index is 0.611. The van der Waals surface area contributed by atoms with Gasteiger partial charge in [-0.25, -0.2) is 0 Å². The highest BCUT2D eigenvalue weighted by atomic mass is 15.3. The van der Waals surface area contributed by atoms with Crippen molar-refractivity contribution in [3.8, 4) is 0 Å². The van der Waals surface area contributed by atoms with Crippen LogP contribution in [0.15, 0.2) is 99.8 Å². The Labute approximate surface area is 234 Å². The molecule has 0 atom stereocenters. The van der Waals surface area contributed by atoms with Crippen LogP contribution in [0.1, 0.15) is 66.8 Å². The Hall–Kier alpha value is -5.00. The number of nitrogens with zero attached hydrogens (tertiary/aromatic N) is 12. The lowest BCUT2D eigenvalue weighted by molar-refractivity contribution is 1.19. The highest BCUT2D eigenvalue weighted by Gasteiger charge is 2.02. The highest BCUT2D eigenvalue weighted by molar-refractivity contribution is 6.44. The summed E-state index contributed by atoms with van der Waals surface area (Å²) in [4.78, 5) is 8.33. The summed E-state index contributed by atoms with van der Waals surface area (Å²) in [6.07, 6.45) is 6.55. The summed E-state index contributed by atoms with van der Waals surface area (Å²) < 4.78 is 0. The maximum Gasteiger partial charge on any atom is 0.0831 e. The van der Waals surface area contributed by atoms with Crippen molar-refractivity contribution in [3.63, 3.8) is 0 Å². The molecule has 0 saturated heterocycles. The van der Waals surface area contributed by atoms with Gasteiger partial charge in [-0.05, 0) is 79.7 Å². The second-order valence-electron chi connectivity index (χ2n) is 8.48. The van der Waals surface area contributed by atoms with E-state index in [-0.39, 0.29) is 0 Å². The van der Waals surface area contributed by atoms with E-state index in [0.717, 1.165) is 11.4 Å². The molecule has 2 heterocycles. The van der Waals surface area contributed by atoms with E-state index in [1.807, 2.05) is 64.1 Å². The van der Waals surface area contributed by atoms with Gasteiger partial charge >= 0.3 is 0 Å². The van der Waals surface area contributed by atoms with E-state index < -0.39 is 0 Å². The lowest BCUT2D eigenvalue weighted by Gasteiger charge is -1.99. The van der Waals surface area contributed by atoms with Gasteiger partial charge < -0.3 is 0 Å². The van der Waals surface area contributed by atoms with Crippen molar-refractivity contribution in [1.82, 2.24) is 9.97 Å². The van der Waals surface area contributed by atoms with Crippen LogP contribution < -0.4 is 0 Å². The van der Waals surface area contributed by atoms with Gasteiger partial charge in [0.15, 0.2) is 0 Å². The van der Waals surface area contributed by atoms with Crippen LogP contribution in [0.4, 0.5) is 0 Å². The van der Waals surface area contributed by atoms with Crippen LogP contribution in [0.2, 0.25) is 0 Å². The summed E-state index contributed by atoms with van der Waals surface area (Å²) >= 11 is 0. The van der Waals surface area contributed by atoms with E-state index in [2.05, 4.69) is 61.0 Å². The molecule has 0 aliphatic carbocycles. The minimum Gasteiger partial charge on any atom is -0.255 e. The second-order valence-corrected chi connectivity index (χ2v) is 8.48. The van der Waals surface area contributed by atoms with Gasteiger partial charge in [-0.3, -0.25) is 9.97 Å². The molecule has 0 fully saturated rings. The van der Waals surface area contributed by atoms with Crippen molar-refractivity contribution in [2.45, 2.75) is 55.4 Å². The van der Waals surface area contributed by atoms with E-state index in [1.54, 1.807) is 52.5 Å². The Kier molecular flexibility index (Phi) is 13.1. The van der Waals surface area contributed by atoms with Gasteiger partial charge in [0.25, 0.3) is 0 Å². The van der Waals surface area contributed by atoms with Crippen molar-refractivity contribution in [1.29, 1.82) is 0 Å². The first-order chi connectivity index (χ1) is 19.2. The highest BCUT2D eigenvalue weighted by Crippen LogP contribution is 1.96. The van der Waals surface area contributed by atoms with Gasteiger partial charge in [-0.15, -0.1) is 0 Å².